The molecule has 2 bridgehead atoms. The molecule has 2 aromatic rings. The zero-order chi connectivity index (χ0) is 19.1. The van der Waals surface area contributed by atoms with Gasteiger partial charge in [0.15, 0.2) is 0 Å². The number of rotatable bonds is 6. The van der Waals surface area contributed by atoms with Crippen molar-refractivity contribution in [2.24, 2.45) is 10.8 Å². The van der Waals surface area contributed by atoms with E-state index in [-0.39, 0.29) is 17.3 Å². The minimum Gasteiger partial charge on any atom is -0.475 e. The van der Waals surface area contributed by atoms with Gasteiger partial charge in [-0.25, -0.2) is 4.98 Å². The predicted octanol–water partition coefficient (Wildman–Crippen LogP) is 4.88. The van der Waals surface area contributed by atoms with Gasteiger partial charge in [-0.2, -0.15) is 14.5 Å². The molecule has 3 saturated carbocycles. The van der Waals surface area contributed by atoms with E-state index in [0.717, 1.165) is 31.1 Å². The quantitative estimate of drug-likeness (QED) is 0.782. The highest BCUT2D eigenvalue weighted by Crippen LogP contribution is 2.56. The molecule has 3 aliphatic carbocycles. The van der Waals surface area contributed by atoms with Gasteiger partial charge >= 0.3 is 0 Å². The van der Waals surface area contributed by atoms with E-state index >= 15 is 0 Å². The Morgan fingerprint density at radius 1 is 1.19 bits per heavy atom. The number of fused-ring (bicyclic) bond motifs is 3. The third-order valence-electron chi connectivity index (χ3n) is 6.39. The molecule has 27 heavy (non-hydrogen) atoms. The predicted molar refractivity (Wildman–Crippen MR) is 102 cm³/mol. The lowest BCUT2D eigenvalue weighted by molar-refractivity contribution is -0.0281. The summed E-state index contributed by atoms with van der Waals surface area (Å²) < 4.78 is 21.9. The third kappa shape index (κ3) is 3.77. The molecule has 0 radical (unpaired) electrons. The van der Waals surface area contributed by atoms with Crippen LogP contribution in [0.25, 0.3) is 0 Å². The van der Waals surface area contributed by atoms with Crippen LogP contribution in [0.2, 0.25) is 0 Å². The summed E-state index contributed by atoms with van der Waals surface area (Å²) in [5.41, 5.74) is 1.46. The largest absolute Gasteiger partial charge is 0.475 e. The fraction of sp³-hybridized carbons (Fsp3) is 0.650. The second kappa shape index (κ2) is 6.77. The molecule has 0 saturated heterocycles. The van der Waals surface area contributed by atoms with E-state index in [4.69, 9.17) is 4.74 Å². The van der Waals surface area contributed by atoms with Gasteiger partial charge in [0.1, 0.15) is 0 Å². The van der Waals surface area contributed by atoms with Gasteiger partial charge in [-0.15, -0.1) is 0 Å². The van der Waals surface area contributed by atoms with Crippen LogP contribution in [-0.2, 0) is 0 Å². The normalized spacial score (nSPS) is 27.1. The molecule has 5 rings (SSSR count). The summed E-state index contributed by atoms with van der Waals surface area (Å²) in [5, 5.41) is 7.34. The number of anilines is 2. The molecule has 2 aromatic heterocycles. The van der Waals surface area contributed by atoms with Gasteiger partial charge in [0, 0.05) is 17.7 Å². The number of hydrogen-bond donors (Lipinski definition) is 1. The van der Waals surface area contributed by atoms with Gasteiger partial charge in [-0.05, 0) is 57.8 Å². The fourth-order valence-corrected chi connectivity index (χ4v) is 4.22. The molecule has 0 atom stereocenters. The highest BCUT2D eigenvalue weighted by atomic mass is 19.1. The van der Waals surface area contributed by atoms with Crippen LogP contribution < -0.4 is 10.1 Å². The summed E-state index contributed by atoms with van der Waals surface area (Å²) >= 11 is 0. The van der Waals surface area contributed by atoms with Crippen molar-refractivity contribution in [2.45, 2.75) is 65.3 Å². The molecular formula is C20H28FN5O. The minimum atomic E-state index is -0.522. The third-order valence-corrected chi connectivity index (χ3v) is 6.39. The monoisotopic (exact) mass is 373 g/mol. The lowest BCUT2D eigenvalue weighted by atomic mass is 9.55. The van der Waals surface area contributed by atoms with Crippen molar-refractivity contribution in [1.82, 2.24) is 19.7 Å². The lowest BCUT2D eigenvalue weighted by Crippen LogP contribution is -2.43. The van der Waals surface area contributed by atoms with Gasteiger partial charge in [-0.3, -0.25) is 4.68 Å². The second-order valence-corrected chi connectivity index (χ2v) is 8.87. The zero-order valence-corrected chi connectivity index (χ0v) is 16.3. The first kappa shape index (κ1) is 18.2. The summed E-state index contributed by atoms with van der Waals surface area (Å²) in [6.45, 7) is 7.02. The molecular weight excluding hydrogens is 345 g/mol. The highest BCUT2D eigenvalue weighted by molar-refractivity contribution is 5.50. The Bertz CT molecular complexity index is 794. The fourth-order valence-electron chi connectivity index (χ4n) is 4.22. The Labute approximate surface area is 159 Å². The van der Waals surface area contributed by atoms with Gasteiger partial charge in [-0.1, -0.05) is 6.92 Å². The van der Waals surface area contributed by atoms with E-state index in [0.29, 0.717) is 18.0 Å². The number of ether oxygens (including phenoxy) is 1. The van der Waals surface area contributed by atoms with Crippen molar-refractivity contribution in [3.63, 3.8) is 0 Å². The number of nitrogens with one attached hydrogen (secondary N) is 1. The van der Waals surface area contributed by atoms with Crippen molar-refractivity contribution in [3.8, 4) is 5.88 Å². The first-order valence-corrected chi connectivity index (χ1v) is 9.83. The van der Waals surface area contributed by atoms with Gasteiger partial charge in [0.25, 0.3) is 5.88 Å². The zero-order valence-electron chi connectivity index (χ0n) is 16.3. The average Bonchev–Trinajstić information content (AvgIpc) is 3.12. The van der Waals surface area contributed by atoms with E-state index < -0.39 is 5.82 Å². The number of nitrogens with zero attached hydrogens (tertiary/aromatic N) is 4. The molecule has 0 unspecified atom stereocenters. The first-order valence-electron chi connectivity index (χ1n) is 9.83. The van der Waals surface area contributed by atoms with Crippen LogP contribution in [0.4, 0.5) is 16.0 Å². The highest BCUT2D eigenvalue weighted by Gasteiger charge is 2.46. The lowest BCUT2D eigenvalue weighted by Gasteiger charge is -2.51. The first-order chi connectivity index (χ1) is 12.9. The Balaban J connectivity index is 1.43. The number of halogens is 1. The van der Waals surface area contributed by atoms with Crippen LogP contribution in [-0.4, -0.2) is 26.4 Å². The molecule has 7 heteroatoms. The average molecular weight is 373 g/mol. The maximum Gasteiger partial charge on any atom is 0.255 e. The summed E-state index contributed by atoms with van der Waals surface area (Å²) in [4.78, 5) is 8.26. The topological polar surface area (TPSA) is 64.9 Å². The van der Waals surface area contributed by atoms with E-state index in [9.17, 15) is 4.39 Å². The van der Waals surface area contributed by atoms with Crippen LogP contribution in [0.1, 0.15) is 65.3 Å². The van der Waals surface area contributed by atoms with Gasteiger partial charge in [0.05, 0.1) is 24.7 Å². The summed E-state index contributed by atoms with van der Waals surface area (Å²) in [7, 11) is 0. The summed E-state index contributed by atoms with van der Waals surface area (Å²) in [6, 6.07) is 0.265. The molecule has 1 N–H and O–H groups in total. The molecule has 0 spiro atoms. The SMILES string of the molecule is CC(C)n1cc(Nc2ncc(F)c(OCC34CCC(C)(CC3)CC4)n2)cn1. The molecule has 6 nitrogen and oxygen atoms in total. The Hall–Kier alpha value is -2.18. The van der Waals surface area contributed by atoms with E-state index in [2.05, 4.69) is 41.2 Å². The van der Waals surface area contributed by atoms with Crippen LogP contribution >= 0.6 is 0 Å². The van der Waals surface area contributed by atoms with Crippen LogP contribution in [0.15, 0.2) is 18.6 Å². The standard InChI is InChI=1S/C20H28FN5O/c1-14(2)26-12-15(10-23-26)24-18-22-11-16(21)17(25-18)27-13-20-7-4-19(3,5-8-20)6-9-20/h10-12,14H,4-9,13H2,1-3H3,(H,22,24,25). The maximum atomic E-state index is 14.2. The summed E-state index contributed by atoms with van der Waals surface area (Å²) in [5.74, 6) is -0.185. The Morgan fingerprint density at radius 3 is 2.52 bits per heavy atom. The smallest absolute Gasteiger partial charge is 0.255 e. The number of hydrogen-bond acceptors (Lipinski definition) is 5. The molecule has 0 aliphatic heterocycles. The molecule has 0 aromatic carbocycles. The van der Waals surface area contributed by atoms with Crippen LogP contribution in [0.5, 0.6) is 5.88 Å². The van der Waals surface area contributed by atoms with Gasteiger partial charge in [0.2, 0.25) is 11.8 Å². The van der Waals surface area contributed by atoms with Crippen molar-refractivity contribution < 1.29 is 9.13 Å². The van der Waals surface area contributed by atoms with Crippen LogP contribution in [0, 0.1) is 16.6 Å². The number of aromatic nitrogens is 4. The minimum absolute atomic E-state index is 0.0250. The second-order valence-electron chi connectivity index (χ2n) is 8.87. The van der Waals surface area contributed by atoms with Crippen molar-refractivity contribution >= 4 is 11.6 Å². The molecule has 3 aliphatic rings. The molecule has 3 fully saturated rings. The van der Waals surface area contributed by atoms with Gasteiger partial charge < -0.3 is 10.1 Å². The van der Waals surface area contributed by atoms with E-state index in [1.165, 1.54) is 19.3 Å². The molecule has 0 amide bonds. The Kier molecular flexibility index (Phi) is 4.56. The molecule has 146 valence electrons. The Morgan fingerprint density at radius 2 is 1.89 bits per heavy atom. The van der Waals surface area contributed by atoms with Crippen molar-refractivity contribution in [2.75, 3.05) is 11.9 Å². The van der Waals surface area contributed by atoms with Crippen molar-refractivity contribution in [1.29, 1.82) is 0 Å². The molecule has 2 heterocycles. The van der Waals surface area contributed by atoms with Crippen LogP contribution in [0.3, 0.4) is 0 Å². The van der Waals surface area contributed by atoms with Crippen molar-refractivity contribution in [3.05, 3.63) is 24.4 Å². The van der Waals surface area contributed by atoms with E-state index in [1.54, 1.807) is 6.20 Å². The summed E-state index contributed by atoms with van der Waals surface area (Å²) in [6.07, 6.45) is 12.0. The maximum absolute atomic E-state index is 14.2. The van der Waals surface area contributed by atoms with E-state index in [1.807, 2.05) is 10.9 Å².